The zero-order valence-electron chi connectivity index (χ0n) is 9.79. The van der Waals surface area contributed by atoms with Crippen molar-refractivity contribution in [2.45, 2.75) is 26.7 Å². The van der Waals surface area contributed by atoms with Gasteiger partial charge in [-0.15, -0.1) is 0 Å². The molecule has 0 heterocycles. The van der Waals surface area contributed by atoms with E-state index in [0.29, 0.717) is 30.9 Å². The van der Waals surface area contributed by atoms with Crippen LogP contribution >= 0.6 is 0 Å². The molecule has 0 aromatic heterocycles. The molecule has 1 N–H and O–H groups in total. The maximum absolute atomic E-state index is 13.2. The number of halogens is 1. The van der Waals surface area contributed by atoms with E-state index in [1.165, 1.54) is 6.07 Å². The number of hydrogen-bond acceptors (Lipinski definition) is 1. The number of nitrogens with one attached hydrogen (secondary N) is 1. The van der Waals surface area contributed by atoms with Crippen LogP contribution in [0.15, 0.2) is 24.3 Å². The van der Waals surface area contributed by atoms with Crippen LogP contribution in [0.2, 0.25) is 0 Å². The number of hydrogen-bond donors (Lipinski definition) is 1. The Hall–Kier alpha value is -1.38. The quantitative estimate of drug-likeness (QED) is 0.816. The molecular formula is C13H18FNO. The molecule has 1 rings (SSSR count). The number of carbonyl (C=O) groups excluding carboxylic acids is 1. The van der Waals surface area contributed by atoms with Crippen LogP contribution in [-0.4, -0.2) is 12.5 Å². The van der Waals surface area contributed by atoms with Crippen molar-refractivity contribution in [3.05, 3.63) is 35.6 Å². The summed E-state index contributed by atoms with van der Waals surface area (Å²) in [6.45, 7) is 4.49. The van der Waals surface area contributed by atoms with E-state index >= 15 is 0 Å². The second-order valence-corrected chi connectivity index (χ2v) is 4.29. The SMILES string of the molecule is CC(C)CC(=O)NCCc1ccccc1F. The Labute approximate surface area is 95.9 Å². The van der Waals surface area contributed by atoms with Gasteiger partial charge in [-0.1, -0.05) is 32.0 Å². The van der Waals surface area contributed by atoms with Crippen molar-refractivity contribution in [1.82, 2.24) is 5.32 Å². The maximum Gasteiger partial charge on any atom is 0.220 e. The zero-order valence-corrected chi connectivity index (χ0v) is 9.79. The predicted molar refractivity (Wildman–Crippen MR) is 62.6 cm³/mol. The highest BCUT2D eigenvalue weighted by Crippen LogP contribution is 2.06. The minimum Gasteiger partial charge on any atom is -0.356 e. The molecule has 0 saturated heterocycles. The van der Waals surface area contributed by atoms with Crippen LogP contribution in [0.25, 0.3) is 0 Å². The Morgan fingerprint density at radius 2 is 2.06 bits per heavy atom. The van der Waals surface area contributed by atoms with Gasteiger partial charge in [-0.2, -0.15) is 0 Å². The van der Waals surface area contributed by atoms with Gasteiger partial charge in [0.1, 0.15) is 5.82 Å². The summed E-state index contributed by atoms with van der Waals surface area (Å²) in [6.07, 6.45) is 1.06. The Morgan fingerprint density at radius 3 is 2.69 bits per heavy atom. The standard InChI is InChI=1S/C13H18FNO/c1-10(2)9-13(16)15-8-7-11-5-3-4-6-12(11)14/h3-6,10H,7-9H2,1-2H3,(H,15,16). The van der Waals surface area contributed by atoms with Crippen molar-refractivity contribution >= 4 is 5.91 Å². The third kappa shape index (κ3) is 4.43. The van der Waals surface area contributed by atoms with Crippen molar-refractivity contribution in [3.63, 3.8) is 0 Å². The largest absolute Gasteiger partial charge is 0.356 e. The van der Waals surface area contributed by atoms with Crippen LogP contribution in [0, 0.1) is 11.7 Å². The molecule has 16 heavy (non-hydrogen) atoms. The molecule has 0 unspecified atom stereocenters. The molecule has 1 aromatic rings. The highest BCUT2D eigenvalue weighted by Gasteiger charge is 2.05. The number of amides is 1. The van der Waals surface area contributed by atoms with Crippen molar-refractivity contribution in [1.29, 1.82) is 0 Å². The number of rotatable bonds is 5. The second-order valence-electron chi connectivity index (χ2n) is 4.29. The lowest BCUT2D eigenvalue weighted by atomic mass is 10.1. The Balaban J connectivity index is 2.31. The van der Waals surface area contributed by atoms with Crippen molar-refractivity contribution in [2.24, 2.45) is 5.92 Å². The summed E-state index contributed by atoms with van der Waals surface area (Å²) in [5.74, 6) is 0.181. The molecule has 0 atom stereocenters. The first-order valence-electron chi connectivity index (χ1n) is 5.59. The monoisotopic (exact) mass is 223 g/mol. The summed E-state index contributed by atoms with van der Waals surface area (Å²) in [6, 6.07) is 6.64. The Kier molecular flexibility index (Phi) is 4.96. The molecule has 88 valence electrons. The molecule has 2 nitrogen and oxygen atoms in total. The van der Waals surface area contributed by atoms with Gasteiger partial charge >= 0.3 is 0 Å². The van der Waals surface area contributed by atoms with Gasteiger partial charge < -0.3 is 5.32 Å². The van der Waals surface area contributed by atoms with E-state index in [0.717, 1.165) is 0 Å². The number of benzene rings is 1. The van der Waals surface area contributed by atoms with Gasteiger partial charge in [-0.3, -0.25) is 4.79 Å². The van der Waals surface area contributed by atoms with E-state index in [9.17, 15) is 9.18 Å². The van der Waals surface area contributed by atoms with Gasteiger partial charge in [0.05, 0.1) is 0 Å². The van der Waals surface area contributed by atoms with Crippen LogP contribution in [0.3, 0.4) is 0 Å². The Morgan fingerprint density at radius 1 is 1.38 bits per heavy atom. The minimum atomic E-state index is -0.208. The van der Waals surface area contributed by atoms with Gasteiger partial charge in [0.2, 0.25) is 5.91 Å². The van der Waals surface area contributed by atoms with Crippen molar-refractivity contribution in [2.75, 3.05) is 6.54 Å². The van der Waals surface area contributed by atoms with Gasteiger partial charge in [0.25, 0.3) is 0 Å². The molecule has 0 saturated carbocycles. The van der Waals surface area contributed by atoms with E-state index < -0.39 is 0 Å². The lowest BCUT2D eigenvalue weighted by Crippen LogP contribution is -2.26. The fraction of sp³-hybridized carbons (Fsp3) is 0.462. The van der Waals surface area contributed by atoms with Gasteiger partial charge in [-0.05, 0) is 24.0 Å². The summed E-state index contributed by atoms with van der Waals surface area (Å²) in [7, 11) is 0. The third-order valence-corrected chi connectivity index (χ3v) is 2.27. The van der Waals surface area contributed by atoms with Crippen molar-refractivity contribution < 1.29 is 9.18 Å². The lowest BCUT2D eigenvalue weighted by Gasteiger charge is -2.07. The smallest absolute Gasteiger partial charge is 0.220 e. The van der Waals surface area contributed by atoms with E-state index in [1.807, 2.05) is 13.8 Å². The van der Waals surface area contributed by atoms with Crippen LogP contribution in [0.1, 0.15) is 25.8 Å². The third-order valence-electron chi connectivity index (χ3n) is 2.27. The van der Waals surface area contributed by atoms with E-state index in [1.54, 1.807) is 18.2 Å². The Bertz CT molecular complexity index is 350. The summed E-state index contributed by atoms with van der Waals surface area (Å²) in [5, 5.41) is 2.78. The zero-order chi connectivity index (χ0) is 12.0. The molecular weight excluding hydrogens is 205 g/mol. The van der Waals surface area contributed by atoms with Crippen LogP contribution in [0.5, 0.6) is 0 Å². The fourth-order valence-electron chi connectivity index (χ4n) is 1.48. The van der Waals surface area contributed by atoms with Crippen molar-refractivity contribution in [3.8, 4) is 0 Å². The summed E-state index contributed by atoms with van der Waals surface area (Å²) >= 11 is 0. The molecule has 3 heteroatoms. The maximum atomic E-state index is 13.2. The summed E-state index contributed by atoms with van der Waals surface area (Å²) in [5.41, 5.74) is 0.646. The molecule has 0 fully saturated rings. The van der Waals surface area contributed by atoms with E-state index in [-0.39, 0.29) is 11.7 Å². The second kappa shape index (κ2) is 6.26. The highest BCUT2D eigenvalue weighted by atomic mass is 19.1. The molecule has 0 aliphatic carbocycles. The molecule has 0 spiro atoms. The molecule has 0 aliphatic heterocycles. The van der Waals surface area contributed by atoms with Crippen LogP contribution in [0.4, 0.5) is 4.39 Å². The van der Waals surface area contributed by atoms with Gasteiger partial charge in [0.15, 0.2) is 0 Å². The summed E-state index contributed by atoms with van der Waals surface area (Å²) < 4.78 is 13.2. The average Bonchev–Trinajstić information content (AvgIpc) is 2.19. The first-order valence-corrected chi connectivity index (χ1v) is 5.59. The van der Waals surface area contributed by atoms with Gasteiger partial charge in [0, 0.05) is 13.0 Å². The molecule has 1 aromatic carbocycles. The first-order chi connectivity index (χ1) is 7.59. The highest BCUT2D eigenvalue weighted by molar-refractivity contribution is 5.76. The van der Waals surface area contributed by atoms with Gasteiger partial charge in [-0.25, -0.2) is 4.39 Å². The lowest BCUT2D eigenvalue weighted by molar-refractivity contribution is -0.121. The molecule has 0 aliphatic rings. The summed E-state index contributed by atoms with van der Waals surface area (Å²) in [4.78, 5) is 11.3. The number of carbonyl (C=O) groups is 1. The van der Waals surface area contributed by atoms with E-state index in [2.05, 4.69) is 5.32 Å². The topological polar surface area (TPSA) is 29.1 Å². The van der Waals surface area contributed by atoms with Crippen LogP contribution in [-0.2, 0) is 11.2 Å². The normalized spacial score (nSPS) is 10.5. The van der Waals surface area contributed by atoms with Crippen LogP contribution < -0.4 is 5.32 Å². The first kappa shape index (κ1) is 12.7. The average molecular weight is 223 g/mol. The molecule has 0 bridgehead atoms. The minimum absolute atomic E-state index is 0.0336. The molecule has 0 radical (unpaired) electrons. The van der Waals surface area contributed by atoms with E-state index in [4.69, 9.17) is 0 Å². The molecule has 1 amide bonds. The fourth-order valence-corrected chi connectivity index (χ4v) is 1.48. The predicted octanol–water partition coefficient (Wildman–Crippen LogP) is 2.53.